The van der Waals surface area contributed by atoms with E-state index in [1.165, 1.54) is 12.1 Å². The minimum atomic E-state index is -0.833. The number of benzene rings is 1. The summed E-state index contributed by atoms with van der Waals surface area (Å²) >= 11 is 0. The molecule has 1 atom stereocenters. The minimum Gasteiger partial charge on any atom is -0.593 e. The molecule has 1 rings (SSSR count). The predicted octanol–water partition coefficient (Wildman–Crippen LogP) is -2.74. The van der Waals surface area contributed by atoms with Crippen molar-refractivity contribution in [3.63, 3.8) is 0 Å². The number of quaternary nitrogens is 1. The first-order valence-electron chi connectivity index (χ1n) is 3.87. The van der Waals surface area contributed by atoms with E-state index >= 15 is 0 Å². The Kier molecular flexibility index (Phi) is 4.21. The number of nitrogens with one attached hydrogen (secondary N) is 1. The van der Waals surface area contributed by atoms with Crippen LogP contribution in [0.25, 0.3) is 0 Å². The van der Waals surface area contributed by atoms with Crippen LogP contribution in [0.15, 0.2) is 12.1 Å². The molecule has 16 heavy (non-hydrogen) atoms. The lowest BCUT2D eigenvalue weighted by atomic mass is 10.2. The second-order valence-corrected chi connectivity index (χ2v) is 2.56. The van der Waals surface area contributed by atoms with Crippen molar-refractivity contribution in [3.05, 3.63) is 17.3 Å². The number of hydrogen-bond acceptors (Lipinski definition) is 9. The highest BCUT2D eigenvalue weighted by Crippen LogP contribution is 2.37. The molecule has 1 aromatic rings. The van der Waals surface area contributed by atoms with Gasteiger partial charge in [0.1, 0.15) is 0 Å². The van der Waals surface area contributed by atoms with Crippen LogP contribution in [-0.2, 0) is 4.94 Å². The zero-order valence-electron chi connectivity index (χ0n) is 8.01. The highest BCUT2D eigenvalue weighted by molar-refractivity contribution is 5.57. The predicted molar refractivity (Wildman–Crippen MR) is 50.2 cm³/mol. The van der Waals surface area contributed by atoms with Gasteiger partial charge in [-0.2, -0.15) is 28.8 Å². The Balaban J connectivity index is 3.25. The maximum absolute atomic E-state index is 11.1. The lowest BCUT2D eigenvalue weighted by Crippen LogP contribution is -3.02. The lowest BCUT2D eigenvalue weighted by Gasteiger charge is -2.17. The summed E-state index contributed by atoms with van der Waals surface area (Å²) < 4.78 is 0. The van der Waals surface area contributed by atoms with Crippen molar-refractivity contribution in [1.29, 1.82) is 0 Å². The topological polar surface area (TPSA) is 168 Å². The summed E-state index contributed by atoms with van der Waals surface area (Å²) in [7, 11) is 0. The fourth-order valence-electron chi connectivity index (χ4n) is 1.05. The van der Waals surface area contributed by atoms with E-state index in [4.69, 9.17) is 23.6 Å². The number of rotatable bonds is 5. The fourth-order valence-corrected chi connectivity index (χ4v) is 1.05. The van der Waals surface area contributed by atoms with Gasteiger partial charge < -0.3 is 19.7 Å². The third-order valence-corrected chi connectivity index (χ3v) is 1.74. The molecule has 0 aliphatic rings. The van der Waals surface area contributed by atoms with Gasteiger partial charge in [-0.25, -0.2) is 0 Å². The van der Waals surface area contributed by atoms with Gasteiger partial charge in [0, 0.05) is 0 Å². The van der Waals surface area contributed by atoms with E-state index in [-0.39, 0.29) is 22.9 Å². The van der Waals surface area contributed by atoms with E-state index in [2.05, 4.69) is 19.5 Å². The molecule has 0 aromatic heterocycles. The maximum atomic E-state index is 11.1. The van der Waals surface area contributed by atoms with Crippen molar-refractivity contribution in [3.8, 4) is 17.2 Å². The van der Waals surface area contributed by atoms with E-state index < -0.39 is 5.23 Å². The third-order valence-electron chi connectivity index (χ3n) is 1.74. The molecule has 0 heterocycles. The van der Waals surface area contributed by atoms with E-state index in [1.807, 2.05) is 0 Å². The zero-order valence-corrected chi connectivity index (χ0v) is 8.01. The molecule has 0 aliphatic carbocycles. The molecule has 1 unspecified atom stereocenters. The van der Waals surface area contributed by atoms with Crippen molar-refractivity contribution in [2.24, 2.45) is 23.6 Å². The van der Waals surface area contributed by atoms with Crippen LogP contribution < -0.4 is 43.3 Å². The van der Waals surface area contributed by atoms with Crippen LogP contribution in [0.2, 0.25) is 0 Å². The summed E-state index contributed by atoms with van der Waals surface area (Å²) in [6, 6.07) is 2.39. The van der Waals surface area contributed by atoms with Gasteiger partial charge in [0.25, 0.3) is 0 Å². The SMILES string of the molecule is NOc1cc([NH+]([O-])ON)cc(ON)c1ON. The van der Waals surface area contributed by atoms with Gasteiger partial charge in [0.05, 0.1) is 12.1 Å². The average Bonchev–Trinajstić information content (AvgIpc) is 2.35. The first-order valence-corrected chi connectivity index (χ1v) is 3.87. The molecule has 10 nitrogen and oxygen atoms in total. The van der Waals surface area contributed by atoms with Crippen LogP contribution in [0.5, 0.6) is 17.2 Å². The van der Waals surface area contributed by atoms with Gasteiger partial charge in [-0.3, -0.25) is 0 Å². The summed E-state index contributed by atoms with van der Waals surface area (Å²) in [4.78, 5) is 17.3. The summed E-state index contributed by atoms with van der Waals surface area (Å²) in [6.07, 6.45) is 0. The van der Waals surface area contributed by atoms with Crippen LogP contribution in [-0.4, -0.2) is 0 Å². The Morgan fingerprint density at radius 3 is 1.75 bits per heavy atom. The second kappa shape index (κ2) is 5.43. The van der Waals surface area contributed by atoms with Crippen molar-refractivity contribution in [1.82, 2.24) is 0 Å². The van der Waals surface area contributed by atoms with E-state index in [9.17, 15) is 5.21 Å². The van der Waals surface area contributed by atoms with Crippen LogP contribution >= 0.6 is 0 Å². The molecule has 1 aromatic carbocycles. The molecule has 0 aliphatic heterocycles. The van der Waals surface area contributed by atoms with Gasteiger partial charge in [-0.15, -0.1) is 4.94 Å². The Labute approximate surface area is 89.5 Å². The molecule has 0 bridgehead atoms. The summed E-state index contributed by atoms with van der Waals surface area (Å²) in [5.74, 6) is 19.3. The smallest absolute Gasteiger partial charge is 0.236 e. The van der Waals surface area contributed by atoms with E-state index in [0.717, 1.165) is 0 Å². The van der Waals surface area contributed by atoms with Gasteiger partial charge in [0.15, 0.2) is 5.69 Å². The molecule has 0 spiro atoms. The molecule has 90 valence electrons. The second-order valence-electron chi connectivity index (χ2n) is 2.56. The molecular formula is C6H11N5O5. The van der Waals surface area contributed by atoms with Crippen LogP contribution in [0.1, 0.15) is 0 Å². The Morgan fingerprint density at radius 2 is 1.44 bits per heavy atom. The maximum Gasteiger partial charge on any atom is 0.236 e. The first kappa shape index (κ1) is 12.4. The molecular weight excluding hydrogens is 222 g/mol. The molecule has 0 saturated carbocycles. The highest BCUT2D eigenvalue weighted by atomic mass is 16.9. The van der Waals surface area contributed by atoms with Crippen LogP contribution in [0, 0.1) is 5.21 Å². The van der Waals surface area contributed by atoms with Crippen molar-refractivity contribution < 1.29 is 24.7 Å². The van der Waals surface area contributed by atoms with Crippen molar-refractivity contribution in [2.75, 3.05) is 0 Å². The molecule has 0 fully saturated rings. The monoisotopic (exact) mass is 233 g/mol. The molecule has 10 heteroatoms. The van der Waals surface area contributed by atoms with E-state index in [1.54, 1.807) is 0 Å². The number of nitrogens with two attached hydrogens (primary N) is 4. The zero-order chi connectivity index (χ0) is 12.1. The van der Waals surface area contributed by atoms with Gasteiger partial charge in [-0.1, -0.05) is 0 Å². The van der Waals surface area contributed by atoms with Crippen molar-refractivity contribution >= 4 is 5.69 Å². The first-order chi connectivity index (χ1) is 7.67. The standard InChI is InChI=1S/C6H11N5O5/c7-13-4-1-3(11(12)16-10)2-5(14-8)6(4)15-9/h1-2,11H,7-10H2. The quantitative estimate of drug-likeness (QED) is 0.338. The average molecular weight is 233 g/mol. The van der Waals surface area contributed by atoms with Crippen LogP contribution in [0.4, 0.5) is 5.69 Å². The molecule has 9 N–H and O–H groups in total. The lowest BCUT2D eigenvalue weighted by molar-refractivity contribution is -1.00. The summed E-state index contributed by atoms with van der Waals surface area (Å²) in [5.41, 5.74) is 0.00389. The highest BCUT2D eigenvalue weighted by Gasteiger charge is 2.18. The van der Waals surface area contributed by atoms with E-state index in [0.29, 0.717) is 0 Å². The third kappa shape index (κ3) is 2.29. The minimum absolute atomic E-state index is 0.00389. The fraction of sp³-hybridized carbons (Fsp3) is 0. The normalized spacial score (nSPS) is 12.1. The Bertz CT molecular complexity index is 336. The Morgan fingerprint density at radius 1 is 0.938 bits per heavy atom. The van der Waals surface area contributed by atoms with Crippen LogP contribution in [0.3, 0.4) is 0 Å². The molecule has 0 amide bonds. The van der Waals surface area contributed by atoms with Gasteiger partial charge >= 0.3 is 0 Å². The van der Waals surface area contributed by atoms with Gasteiger partial charge in [-0.05, 0) is 0 Å². The molecule has 0 radical (unpaired) electrons. The summed E-state index contributed by atoms with van der Waals surface area (Å²) in [6.45, 7) is 0. The van der Waals surface area contributed by atoms with Gasteiger partial charge in [0.2, 0.25) is 17.2 Å². The summed E-state index contributed by atoms with van der Waals surface area (Å²) in [5, 5.41) is 10.3. The molecule has 0 saturated heterocycles. The van der Waals surface area contributed by atoms with Crippen molar-refractivity contribution in [2.45, 2.75) is 0 Å². The number of hydrogen-bond donors (Lipinski definition) is 5. The Hall–Kier alpha value is -1.66. The largest absolute Gasteiger partial charge is 0.593 e.